The van der Waals surface area contributed by atoms with Crippen molar-refractivity contribution in [3.05, 3.63) is 71.7 Å². The number of benzene rings is 2. The number of aryl methyl sites for hydroxylation is 2. The van der Waals surface area contributed by atoms with Crippen LogP contribution in [0.25, 0.3) is 0 Å². The highest BCUT2D eigenvalue weighted by Crippen LogP contribution is 2.37. The molecule has 12 nitrogen and oxygen atoms in total. The second kappa shape index (κ2) is 14.8. The molecular weight excluding hydrogens is 538 g/mol. The van der Waals surface area contributed by atoms with Gasteiger partial charge in [-0.1, -0.05) is 18.2 Å². The Bertz CT molecular complexity index is 1390. The molecule has 1 aliphatic rings. The number of nitrogens with zero attached hydrogens (tertiary/aromatic N) is 4. The summed E-state index contributed by atoms with van der Waals surface area (Å²) < 4.78 is 22.2. The van der Waals surface area contributed by atoms with Gasteiger partial charge in [-0.2, -0.15) is 4.98 Å². The SMILES string of the molecule is COc1ccc(N(C(=O)Oc2c(C)cccc2C)c2ccnc(N/C(C=N)=C/NCCN3CCOCC3)n2)c(OC)c1. The minimum absolute atomic E-state index is 0.189. The number of nitrogens with one attached hydrogen (secondary N) is 3. The molecule has 0 atom stereocenters. The lowest BCUT2D eigenvalue weighted by molar-refractivity contribution is 0.0388. The lowest BCUT2D eigenvalue weighted by atomic mass is 10.1. The molecule has 1 amide bonds. The molecule has 3 aromatic rings. The number of hydrogen-bond donors (Lipinski definition) is 3. The molecule has 1 fully saturated rings. The van der Waals surface area contributed by atoms with Crippen molar-refractivity contribution in [2.24, 2.45) is 0 Å². The van der Waals surface area contributed by atoms with Crippen molar-refractivity contribution in [1.82, 2.24) is 20.2 Å². The molecule has 42 heavy (non-hydrogen) atoms. The van der Waals surface area contributed by atoms with E-state index in [-0.39, 0.29) is 11.8 Å². The second-order valence-corrected chi connectivity index (χ2v) is 9.48. The Morgan fingerprint density at radius 2 is 1.88 bits per heavy atom. The number of rotatable bonds is 12. The Labute approximate surface area is 245 Å². The van der Waals surface area contributed by atoms with Crippen LogP contribution in [-0.2, 0) is 4.74 Å². The third-order valence-electron chi connectivity index (χ3n) is 6.62. The number of amides is 1. The van der Waals surface area contributed by atoms with E-state index in [0.717, 1.165) is 50.2 Å². The largest absolute Gasteiger partial charge is 0.497 e. The number of anilines is 3. The Morgan fingerprint density at radius 1 is 1.12 bits per heavy atom. The van der Waals surface area contributed by atoms with E-state index in [1.54, 1.807) is 37.6 Å². The molecule has 3 N–H and O–H groups in total. The van der Waals surface area contributed by atoms with Crippen LogP contribution in [0.5, 0.6) is 17.2 Å². The van der Waals surface area contributed by atoms with E-state index in [9.17, 15) is 4.79 Å². The molecule has 0 aliphatic carbocycles. The highest BCUT2D eigenvalue weighted by atomic mass is 16.6. The van der Waals surface area contributed by atoms with Crippen molar-refractivity contribution in [2.45, 2.75) is 13.8 Å². The molecule has 0 saturated carbocycles. The first-order valence-corrected chi connectivity index (χ1v) is 13.6. The summed E-state index contributed by atoms with van der Waals surface area (Å²) >= 11 is 0. The van der Waals surface area contributed by atoms with Crippen LogP contribution in [-0.4, -0.2) is 80.8 Å². The highest BCUT2D eigenvalue weighted by molar-refractivity contribution is 5.98. The van der Waals surface area contributed by atoms with E-state index in [4.69, 9.17) is 24.4 Å². The lowest BCUT2D eigenvalue weighted by Crippen LogP contribution is -2.39. The number of morpholine rings is 1. The quantitative estimate of drug-likeness (QED) is 0.212. The fourth-order valence-corrected chi connectivity index (χ4v) is 4.38. The number of carbonyl (C=O) groups is 1. The molecule has 0 radical (unpaired) electrons. The molecule has 2 heterocycles. The summed E-state index contributed by atoms with van der Waals surface area (Å²) in [5.41, 5.74) is 2.47. The van der Waals surface area contributed by atoms with Crippen molar-refractivity contribution < 1.29 is 23.7 Å². The summed E-state index contributed by atoms with van der Waals surface area (Å²) in [6, 6.07) is 12.3. The van der Waals surface area contributed by atoms with E-state index in [1.807, 2.05) is 32.0 Å². The van der Waals surface area contributed by atoms with Gasteiger partial charge in [0.15, 0.2) is 0 Å². The van der Waals surface area contributed by atoms with Gasteiger partial charge in [-0.15, -0.1) is 0 Å². The first-order chi connectivity index (χ1) is 20.4. The summed E-state index contributed by atoms with van der Waals surface area (Å²) in [6.07, 6.45) is 3.70. The van der Waals surface area contributed by atoms with Gasteiger partial charge in [-0.05, 0) is 37.1 Å². The molecular formula is C30H37N7O5. The first-order valence-electron chi connectivity index (χ1n) is 13.6. The molecule has 0 unspecified atom stereocenters. The minimum Gasteiger partial charge on any atom is -0.497 e. The third kappa shape index (κ3) is 7.74. The number of methoxy groups -OCH3 is 2. The van der Waals surface area contributed by atoms with E-state index in [2.05, 4.69) is 25.5 Å². The Hall–Kier alpha value is -4.68. The molecule has 0 bridgehead atoms. The molecule has 12 heteroatoms. The van der Waals surface area contributed by atoms with Crippen LogP contribution < -0.4 is 29.7 Å². The first kappa shape index (κ1) is 30.3. The molecule has 1 aliphatic heterocycles. The van der Waals surface area contributed by atoms with Gasteiger partial charge in [-0.25, -0.2) is 14.7 Å². The van der Waals surface area contributed by atoms with Gasteiger partial charge < -0.3 is 35.0 Å². The molecule has 1 aromatic heterocycles. The van der Waals surface area contributed by atoms with Crippen molar-refractivity contribution in [1.29, 1.82) is 5.41 Å². The fraction of sp³-hybridized carbons (Fsp3) is 0.333. The van der Waals surface area contributed by atoms with Crippen LogP contribution in [0.4, 0.5) is 22.2 Å². The predicted octanol–water partition coefficient (Wildman–Crippen LogP) is 4.27. The van der Waals surface area contributed by atoms with Gasteiger partial charge in [0, 0.05) is 56.9 Å². The zero-order valence-electron chi connectivity index (χ0n) is 24.3. The van der Waals surface area contributed by atoms with Crippen LogP contribution in [0.1, 0.15) is 11.1 Å². The zero-order valence-corrected chi connectivity index (χ0v) is 24.3. The number of para-hydroxylation sites is 1. The van der Waals surface area contributed by atoms with Crippen LogP contribution in [0.2, 0.25) is 0 Å². The molecule has 1 saturated heterocycles. The van der Waals surface area contributed by atoms with Crippen molar-refractivity contribution in [2.75, 3.05) is 63.8 Å². The summed E-state index contributed by atoms with van der Waals surface area (Å²) in [6.45, 7) is 8.61. The van der Waals surface area contributed by atoms with Gasteiger partial charge in [0.2, 0.25) is 5.95 Å². The maximum Gasteiger partial charge on any atom is 0.425 e. The third-order valence-corrected chi connectivity index (χ3v) is 6.62. The minimum atomic E-state index is -0.687. The Balaban J connectivity index is 1.60. The van der Waals surface area contributed by atoms with E-state index < -0.39 is 6.09 Å². The normalized spacial score (nSPS) is 13.7. The Kier molecular flexibility index (Phi) is 10.7. The standard InChI is InChI=1S/C30H37N7O5/c1-21-6-5-7-22(2)28(21)42-30(38)37(25-9-8-24(39-3)18-26(25)40-4)27-10-11-33-29(35-27)34-23(19-31)20-32-12-13-36-14-16-41-17-15-36/h5-11,18-20,31-32H,12-17H2,1-4H3,(H,33,34,35)/b23-20+,31-19?. The lowest BCUT2D eigenvalue weighted by Gasteiger charge is -2.26. The molecule has 2 aromatic carbocycles. The molecule has 222 valence electrons. The Morgan fingerprint density at radius 3 is 2.57 bits per heavy atom. The summed E-state index contributed by atoms with van der Waals surface area (Å²) in [7, 11) is 3.06. The monoisotopic (exact) mass is 575 g/mol. The topological polar surface area (TPSA) is 134 Å². The number of hydrogen-bond acceptors (Lipinski definition) is 11. The van der Waals surface area contributed by atoms with Gasteiger partial charge in [0.1, 0.15) is 23.1 Å². The smallest absolute Gasteiger partial charge is 0.425 e. The number of allylic oxidation sites excluding steroid dienone is 1. The number of ether oxygens (including phenoxy) is 4. The van der Waals surface area contributed by atoms with E-state index >= 15 is 0 Å². The van der Waals surface area contributed by atoms with Crippen LogP contribution in [0, 0.1) is 19.3 Å². The van der Waals surface area contributed by atoms with E-state index in [1.165, 1.54) is 18.2 Å². The number of carbonyl (C=O) groups excluding carboxylic acids is 1. The van der Waals surface area contributed by atoms with Gasteiger partial charge in [-0.3, -0.25) is 4.90 Å². The predicted molar refractivity (Wildman–Crippen MR) is 161 cm³/mol. The van der Waals surface area contributed by atoms with Crippen LogP contribution >= 0.6 is 0 Å². The van der Waals surface area contributed by atoms with Crippen LogP contribution in [0.3, 0.4) is 0 Å². The maximum absolute atomic E-state index is 13.8. The summed E-state index contributed by atoms with van der Waals surface area (Å²) in [5.74, 6) is 1.83. The zero-order chi connectivity index (χ0) is 29.9. The van der Waals surface area contributed by atoms with Gasteiger partial charge in [0.05, 0.1) is 38.8 Å². The molecule has 0 spiro atoms. The van der Waals surface area contributed by atoms with Crippen molar-refractivity contribution in [3.63, 3.8) is 0 Å². The fourth-order valence-electron chi connectivity index (χ4n) is 4.38. The van der Waals surface area contributed by atoms with Gasteiger partial charge >= 0.3 is 6.09 Å². The van der Waals surface area contributed by atoms with Crippen molar-refractivity contribution >= 4 is 29.8 Å². The maximum atomic E-state index is 13.8. The average molecular weight is 576 g/mol. The second-order valence-electron chi connectivity index (χ2n) is 9.48. The average Bonchev–Trinajstić information content (AvgIpc) is 3.01. The van der Waals surface area contributed by atoms with Gasteiger partial charge in [0.25, 0.3) is 0 Å². The highest BCUT2D eigenvalue weighted by Gasteiger charge is 2.27. The van der Waals surface area contributed by atoms with Crippen LogP contribution in [0.15, 0.2) is 60.6 Å². The summed E-state index contributed by atoms with van der Waals surface area (Å²) in [4.78, 5) is 26.3. The summed E-state index contributed by atoms with van der Waals surface area (Å²) in [5, 5.41) is 14.1. The van der Waals surface area contributed by atoms with E-state index in [0.29, 0.717) is 35.2 Å². The number of aromatic nitrogens is 2. The molecule has 4 rings (SSSR count). The van der Waals surface area contributed by atoms with Crippen molar-refractivity contribution in [3.8, 4) is 17.2 Å².